The highest BCUT2D eigenvalue weighted by Gasteiger charge is 2.18. The van der Waals surface area contributed by atoms with Crippen molar-refractivity contribution < 1.29 is 4.79 Å². The van der Waals surface area contributed by atoms with E-state index >= 15 is 0 Å². The van der Waals surface area contributed by atoms with Crippen LogP contribution in [-0.4, -0.2) is 28.5 Å². The molecule has 4 heteroatoms. The summed E-state index contributed by atoms with van der Waals surface area (Å²) in [6.45, 7) is 1.82. The Balaban J connectivity index is 1.88. The molecule has 0 aliphatic carbocycles. The van der Waals surface area contributed by atoms with E-state index in [-0.39, 0.29) is 5.91 Å². The topological polar surface area (TPSA) is 46.9 Å². The number of nitrogens with one attached hydrogen (secondary N) is 1. The second-order valence-electron chi connectivity index (χ2n) is 5.64. The van der Waals surface area contributed by atoms with Gasteiger partial charge in [0.15, 0.2) is 0 Å². The third-order valence-electron chi connectivity index (χ3n) is 4.21. The van der Waals surface area contributed by atoms with Gasteiger partial charge in [0.1, 0.15) is 0 Å². The van der Waals surface area contributed by atoms with E-state index in [0.717, 1.165) is 36.1 Å². The van der Waals surface area contributed by atoms with Crippen LogP contribution in [0.25, 0.3) is 16.6 Å². The molecule has 2 aromatic heterocycles. The van der Waals surface area contributed by atoms with Crippen LogP contribution in [0.2, 0.25) is 0 Å². The zero-order valence-electron chi connectivity index (χ0n) is 12.7. The van der Waals surface area contributed by atoms with Gasteiger partial charge in [-0.25, -0.2) is 0 Å². The van der Waals surface area contributed by atoms with E-state index < -0.39 is 0 Å². The van der Waals surface area contributed by atoms with Gasteiger partial charge in [-0.15, -0.1) is 0 Å². The fourth-order valence-electron chi connectivity index (χ4n) is 3.05. The molecule has 23 heavy (non-hydrogen) atoms. The smallest absolute Gasteiger partial charge is 0.262 e. The van der Waals surface area contributed by atoms with Crippen LogP contribution in [0.4, 0.5) is 0 Å². The molecule has 1 aromatic carbocycles. The van der Waals surface area contributed by atoms with Crippen molar-refractivity contribution in [1.29, 1.82) is 0 Å². The van der Waals surface area contributed by atoms with E-state index in [0.29, 0.717) is 5.56 Å². The number of carbonyl (C=O) groups is 1. The molecule has 0 radical (unpaired) electrons. The molecular weight excluding hydrogens is 286 g/mol. The van der Waals surface area contributed by atoms with Crippen molar-refractivity contribution >= 4 is 22.5 Å². The first kappa shape index (κ1) is 13.9. The molecule has 3 aromatic rings. The van der Waals surface area contributed by atoms with Crippen molar-refractivity contribution in [3.8, 4) is 0 Å². The third kappa shape index (κ3) is 2.47. The molecule has 0 unspecified atom stereocenters. The Bertz CT molecular complexity index is 893. The van der Waals surface area contributed by atoms with Crippen LogP contribution in [0.1, 0.15) is 22.3 Å². The molecule has 4 rings (SSSR count). The minimum atomic E-state index is -0.0237. The number of fused-ring (bicyclic) bond motifs is 1. The van der Waals surface area contributed by atoms with Crippen molar-refractivity contribution in [2.45, 2.75) is 6.42 Å². The third-order valence-corrected chi connectivity index (χ3v) is 4.21. The lowest BCUT2D eigenvalue weighted by Gasteiger charge is -2.12. The van der Waals surface area contributed by atoms with Crippen molar-refractivity contribution in [2.75, 3.05) is 13.1 Å². The Hall–Kier alpha value is -2.72. The van der Waals surface area contributed by atoms with Gasteiger partial charge in [-0.2, -0.15) is 0 Å². The number of benzene rings is 1. The van der Waals surface area contributed by atoms with Crippen LogP contribution in [0.5, 0.6) is 0 Å². The van der Waals surface area contributed by atoms with E-state index in [9.17, 15) is 4.79 Å². The molecule has 0 saturated carbocycles. The molecule has 0 amide bonds. The number of hydrogen-bond donors (Lipinski definition) is 1. The fraction of sp³-hybridized carbons (Fsp3) is 0.158. The lowest BCUT2D eigenvalue weighted by Crippen LogP contribution is -2.20. The van der Waals surface area contributed by atoms with Gasteiger partial charge < -0.3 is 5.32 Å². The molecule has 0 spiro atoms. The van der Waals surface area contributed by atoms with Gasteiger partial charge in [0, 0.05) is 30.1 Å². The number of hydrogen-bond acceptors (Lipinski definition) is 3. The molecule has 1 aliphatic heterocycles. The zero-order valence-corrected chi connectivity index (χ0v) is 12.7. The molecule has 0 saturated heterocycles. The summed E-state index contributed by atoms with van der Waals surface area (Å²) in [5.41, 5.74) is 4.75. The SMILES string of the molecule is O=C(c1ccccc1)n1cc(C2=CCNCC2)c2ncccc21. The average molecular weight is 303 g/mol. The summed E-state index contributed by atoms with van der Waals surface area (Å²) >= 11 is 0. The number of rotatable bonds is 2. The van der Waals surface area contributed by atoms with Crippen molar-refractivity contribution in [2.24, 2.45) is 0 Å². The summed E-state index contributed by atoms with van der Waals surface area (Å²) in [5.74, 6) is -0.0237. The molecule has 0 bridgehead atoms. The molecule has 1 aliphatic rings. The minimum Gasteiger partial charge on any atom is -0.313 e. The number of nitrogens with zero attached hydrogens (tertiary/aromatic N) is 2. The summed E-state index contributed by atoms with van der Waals surface area (Å²) in [7, 11) is 0. The number of aromatic nitrogens is 2. The first-order chi connectivity index (χ1) is 11.3. The molecule has 0 fully saturated rings. The predicted molar refractivity (Wildman–Crippen MR) is 91.4 cm³/mol. The van der Waals surface area contributed by atoms with Crippen LogP contribution in [0, 0.1) is 0 Å². The van der Waals surface area contributed by atoms with Crippen LogP contribution in [-0.2, 0) is 0 Å². The van der Waals surface area contributed by atoms with Crippen molar-refractivity contribution in [3.63, 3.8) is 0 Å². The second kappa shape index (κ2) is 5.82. The van der Waals surface area contributed by atoms with Gasteiger partial charge in [0.2, 0.25) is 0 Å². The van der Waals surface area contributed by atoms with E-state index in [2.05, 4.69) is 16.4 Å². The standard InChI is InChI=1S/C19H17N3O/c23-19(15-5-2-1-3-6-15)22-13-16(14-8-11-20-12-9-14)18-17(22)7-4-10-21-18/h1-8,10,13,20H,9,11-12H2. The maximum atomic E-state index is 12.9. The van der Waals surface area contributed by atoms with Gasteiger partial charge >= 0.3 is 0 Å². The lowest BCUT2D eigenvalue weighted by molar-refractivity contribution is 0.0965. The van der Waals surface area contributed by atoms with Gasteiger partial charge in [-0.1, -0.05) is 24.3 Å². The average Bonchev–Trinajstić information content (AvgIpc) is 3.02. The van der Waals surface area contributed by atoms with Crippen molar-refractivity contribution in [3.05, 3.63) is 72.1 Å². The highest BCUT2D eigenvalue weighted by molar-refractivity contribution is 6.04. The van der Waals surface area contributed by atoms with E-state index in [1.807, 2.05) is 48.7 Å². The maximum Gasteiger partial charge on any atom is 0.262 e. The molecule has 114 valence electrons. The summed E-state index contributed by atoms with van der Waals surface area (Å²) in [5, 5.41) is 3.32. The van der Waals surface area contributed by atoms with Crippen LogP contribution >= 0.6 is 0 Å². The van der Waals surface area contributed by atoms with Crippen LogP contribution < -0.4 is 5.32 Å². The second-order valence-corrected chi connectivity index (χ2v) is 5.64. The molecule has 4 nitrogen and oxygen atoms in total. The first-order valence-corrected chi connectivity index (χ1v) is 7.80. The Kier molecular flexibility index (Phi) is 3.52. The predicted octanol–water partition coefficient (Wildman–Crippen LogP) is 3.10. The lowest BCUT2D eigenvalue weighted by atomic mass is 10.0. The van der Waals surface area contributed by atoms with Crippen LogP contribution in [0.3, 0.4) is 0 Å². The molecular formula is C19H17N3O. The Morgan fingerprint density at radius 1 is 1.13 bits per heavy atom. The van der Waals surface area contributed by atoms with E-state index in [1.165, 1.54) is 5.57 Å². The van der Waals surface area contributed by atoms with E-state index in [1.54, 1.807) is 10.8 Å². The Morgan fingerprint density at radius 3 is 2.78 bits per heavy atom. The summed E-state index contributed by atoms with van der Waals surface area (Å²) in [4.78, 5) is 17.4. The highest BCUT2D eigenvalue weighted by atomic mass is 16.2. The quantitative estimate of drug-likeness (QED) is 0.791. The normalized spacial score (nSPS) is 14.7. The largest absolute Gasteiger partial charge is 0.313 e. The van der Waals surface area contributed by atoms with Gasteiger partial charge in [-0.05, 0) is 42.8 Å². The molecule has 0 atom stereocenters. The number of carbonyl (C=O) groups excluding carboxylic acids is 1. The molecule has 3 heterocycles. The van der Waals surface area contributed by atoms with E-state index in [4.69, 9.17) is 0 Å². The molecule has 1 N–H and O–H groups in total. The van der Waals surface area contributed by atoms with Gasteiger partial charge in [0.05, 0.1) is 11.0 Å². The van der Waals surface area contributed by atoms with Gasteiger partial charge in [-0.3, -0.25) is 14.3 Å². The fourth-order valence-corrected chi connectivity index (χ4v) is 3.05. The zero-order chi connectivity index (χ0) is 15.6. The highest BCUT2D eigenvalue weighted by Crippen LogP contribution is 2.28. The summed E-state index contributed by atoms with van der Waals surface area (Å²) in [6.07, 6.45) is 6.86. The Morgan fingerprint density at radius 2 is 2.00 bits per heavy atom. The van der Waals surface area contributed by atoms with Crippen LogP contribution in [0.15, 0.2) is 60.9 Å². The summed E-state index contributed by atoms with van der Waals surface area (Å²) in [6, 6.07) is 13.2. The van der Waals surface area contributed by atoms with Gasteiger partial charge in [0.25, 0.3) is 5.91 Å². The van der Waals surface area contributed by atoms with Crippen molar-refractivity contribution in [1.82, 2.24) is 14.9 Å². The monoisotopic (exact) mass is 303 g/mol. The Labute approximate surface area is 134 Å². The summed E-state index contributed by atoms with van der Waals surface area (Å²) < 4.78 is 1.72. The first-order valence-electron chi connectivity index (χ1n) is 7.80. The number of pyridine rings is 1. The minimum absolute atomic E-state index is 0.0237. The maximum absolute atomic E-state index is 12.9.